The summed E-state index contributed by atoms with van der Waals surface area (Å²) in [6, 6.07) is 9.03. The van der Waals surface area contributed by atoms with E-state index in [1.165, 1.54) is 4.90 Å². The van der Waals surface area contributed by atoms with E-state index in [4.69, 9.17) is 4.74 Å². The first kappa shape index (κ1) is 15.2. The summed E-state index contributed by atoms with van der Waals surface area (Å²) >= 11 is 0. The fourth-order valence-corrected chi connectivity index (χ4v) is 1.74. The largest absolute Gasteiger partial charge is 0.445 e. The van der Waals surface area contributed by atoms with Crippen molar-refractivity contribution in [2.75, 3.05) is 7.05 Å². The Balaban J connectivity index is 2.50. The normalized spacial score (nSPS) is 12.0. The lowest BCUT2D eigenvalue weighted by Crippen LogP contribution is -2.39. The van der Waals surface area contributed by atoms with Crippen LogP contribution in [0.1, 0.15) is 25.8 Å². The quantitative estimate of drug-likeness (QED) is 0.741. The Hall–Kier alpha value is -1.84. The first-order valence-corrected chi connectivity index (χ1v) is 6.43. The molecular weight excluding hydrogens is 242 g/mol. The highest BCUT2D eigenvalue weighted by molar-refractivity contribution is 5.73. The van der Waals surface area contributed by atoms with Gasteiger partial charge in [0.25, 0.3) is 0 Å². The van der Waals surface area contributed by atoms with Crippen LogP contribution in [0.4, 0.5) is 4.79 Å². The van der Waals surface area contributed by atoms with Crippen molar-refractivity contribution in [2.45, 2.75) is 32.9 Å². The van der Waals surface area contributed by atoms with E-state index in [1.54, 1.807) is 7.05 Å². The second kappa shape index (κ2) is 7.56. The zero-order valence-corrected chi connectivity index (χ0v) is 11.7. The summed E-state index contributed by atoms with van der Waals surface area (Å²) < 4.78 is 5.18. The van der Waals surface area contributed by atoms with Crippen LogP contribution in [0, 0.1) is 5.92 Å². The smallest absolute Gasteiger partial charge is 0.410 e. The van der Waals surface area contributed by atoms with Crippen LogP contribution in [0.15, 0.2) is 30.3 Å². The Bertz CT molecular complexity index is 403. The molecule has 0 bridgehead atoms. The highest BCUT2D eigenvalue weighted by Gasteiger charge is 2.21. The van der Waals surface area contributed by atoms with Crippen LogP contribution in [0.25, 0.3) is 0 Å². The first-order chi connectivity index (χ1) is 9.04. The summed E-state index contributed by atoms with van der Waals surface area (Å²) in [7, 11) is 1.59. The van der Waals surface area contributed by atoms with Crippen molar-refractivity contribution in [3.63, 3.8) is 0 Å². The van der Waals surface area contributed by atoms with Gasteiger partial charge < -0.3 is 14.4 Å². The summed E-state index contributed by atoms with van der Waals surface area (Å²) in [4.78, 5) is 24.2. The molecule has 4 heteroatoms. The van der Waals surface area contributed by atoms with Crippen LogP contribution in [-0.2, 0) is 16.1 Å². The summed E-state index contributed by atoms with van der Waals surface area (Å²) in [6.07, 6.45) is 0.964. The molecule has 1 atom stereocenters. The van der Waals surface area contributed by atoms with Crippen molar-refractivity contribution in [2.24, 2.45) is 5.92 Å². The summed E-state index contributed by atoms with van der Waals surface area (Å²) in [6.45, 7) is 4.25. The molecule has 0 N–H and O–H groups in total. The number of carbonyl (C=O) groups is 2. The molecule has 0 aliphatic carbocycles. The zero-order valence-electron chi connectivity index (χ0n) is 11.7. The van der Waals surface area contributed by atoms with Crippen LogP contribution in [0.2, 0.25) is 0 Å². The molecule has 0 aliphatic rings. The molecule has 0 spiro atoms. The third-order valence-electron chi connectivity index (χ3n) is 2.86. The molecule has 4 nitrogen and oxygen atoms in total. The molecule has 1 aromatic carbocycles. The van der Waals surface area contributed by atoms with Crippen molar-refractivity contribution in [3.8, 4) is 0 Å². The maximum Gasteiger partial charge on any atom is 0.410 e. The minimum Gasteiger partial charge on any atom is -0.445 e. The lowest BCUT2D eigenvalue weighted by atomic mass is 10.0. The van der Waals surface area contributed by atoms with Crippen LogP contribution in [0.5, 0.6) is 0 Å². The topological polar surface area (TPSA) is 46.6 Å². The van der Waals surface area contributed by atoms with Gasteiger partial charge in [0, 0.05) is 7.05 Å². The summed E-state index contributed by atoms with van der Waals surface area (Å²) in [5.41, 5.74) is 0.927. The van der Waals surface area contributed by atoms with Crippen LogP contribution in [0.3, 0.4) is 0 Å². The maximum absolute atomic E-state index is 11.8. The fraction of sp³-hybridized carbons (Fsp3) is 0.467. The average Bonchev–Trinajstić information content (AvgIpc) is 2.42. The third-order valence-corrected chi connectivity index (χ3v) is 2.86. The van der Waals surface area contributed by atoms with E-state index in [2.05, 4.69) is 0 Å². The number of carbonyl (C=O) groups excluding carboxylic acids is 2. The van der Waals surface area contributed by atoms with Gasteiger partial charge in [-0.2, -0.15) is 0 Å². The molecule has 1 amide bonds. The molecule has 0 saturated carbocycles. The van der Waals surface area contributed by atoms with Crippen LogP contribution < -0.4 is 0 Å². The average molecular weight is 263 g/mol. The highest BCUT2D eigenvalue weighted by Crippen LogP contribution is 2.10. The van der Waals surface area contributed by atoms with Crippen molar-refractivity contribution in [3.05, 3.63) is 35.9 Å². The Morgan fingerprint density at radius 1 is 1.32 bits per heavy atom. The maximum atomic E-state index is 11.8. The number of nitrogens with zero attached hydrogens (tertiary/aromatic N) is 1. The Morgan fingerprint density at radius 3 is 2.47 bits per heavy atom. The Kier molecular flexibility index (Phi) is 6.06. The molecule has 0 saturated heterocycles. The second-order valence-electron chi connectivity index (χ2n) is 4.98. The van der Waals surface area contributed by atoms with E-state index in [0.717, 1.165) is 11.8 Å². The van der Waals surface area contributed by atoms with Gasteiger partial charge in [0.05, 0.1) is 6.04 Å². The van der Waals surface area contributed by atoms with Gasteiger partial charge in [0.1, 0.15) is 12.9 Å². The molecule has 19 heavy (non-hydrogen) atoms. The summed E-state index contributed by atoms with van der Waals surface area (Å²) in [5.74, 6) is 0.347. The zero-order chi connectivity index (χ0) is 14.3. The van der Waals surface area contributed by atoms with Crippen molar-refractivity contribution >= 4 is 12.4 Å². The fourth-order valence-electron chi connectivity index (χ4n) is 1.74. The lowest BCUT2D eigenvalue weighted by Gasteiger charge is -2.24. The van der Waals surface area contributed by atoms with Gasteiger partial charge in [-0.3, -0.25) is 0 Å². The number of benzene rings is 1. The third kappa shape index (κ3) is 5.12. The van der Waals surface area contributed by atoms with E-state index < -0.39 is 12.1 Å². The van der Waals surface area contributed by atoms with Crippen molar-refractivity contribution in [1.29, 1.82) is 0 Å². The van der Waals surface area contributed by atoms with Gasteiger partial charge in [-0.05, 0) is 17.9 Å². The molecule has 1 rings (SSSR count). The molecule has 0 heterocycles. The van der Waals surface area contributed by atoms with E-state index in [1.807, 2.05) is 44.2 Å². The van der Waals surface area contributed by atoms with E-state index in [0.29, 0.717) is 12.3 Å². The molecule has 0 unspecified atom stereocenters. The molecule has 0 fully saturated rings. The second-order valence-corrected chi connectivity index (χ2v) is 4.98. The van der Waals surface area contributed by atoms with Crippen LogP contribution >= 0.6 is 0 Å². The highest BCUT2D eigenvalue weighted by atomic mass is 16.6. The number of rotatable bonds is 6. The molecule has 0 aromatic heterocycles. The van der Waals surface area contributed by atoms with Crippen molar-refractivity contribution < 1.29 is 14.3 Å². The Labute approximate surface area is 114 Å². The van der Waals surface area contributed by atoms with E-state index in [-0.39, 0.29) is 6.61 Å². The van der Waals surface area contributed by atoms with Gasteiger partial charge in [0.2, 0.25) is 0 Å². The standard InChI is InChI=1S/C15H21NO3/c1-12(2)9-14(10-17)16(3)15(18)19-11-13-7-5-4-6-8-13/h4-8,10,12,14H,9,11H2,1-3H3/t14-/m0/s1. The van der Waals surface area contributed by atoms with Gasteiger partial charge >= 0.3 is 6.09 Å². The number of hydrogen-bond acceptors (Lipinski definition) is 3. The number of ether oxygens (including phenoxy) is 1. The minimum absolute atomic E-state index is 0.220. The van der Waals surface area contributed by atoms with Gasteiger partial charge in [-0.1, -0.05) is 44.2 Å². The number of amides is 1. The monoisotopic (exact) mass is 263 g/mol. The lowest BCUT2D eigenvalue weighted by molar-refractivity contribution is -0.112. The Morgan fingerprint density at radius 2 is 1.95 bits per heavy atom. The van der Waals surface area contributed by atoms with E-state index in [9.17, 15) is 9.59 Å². The van der Waals surface area contributed by atoms with Gasteiger partial charge in [-0.25, -0.2) is 4.79 Å². The predicted octanol–water partition coefficient (Wildman–Crippen LogP) is 2.87. The van der Waals surface area contributed by atoms with Gasteiger partial charge in [-0.15, -0.1) is 0 Å². The van der Waals surface area contributed by atoms with Gasteiger partial charge in [0.15, 0.2) is 0 Å². The molecule has 0 radical (unpaired) electrons. The number of aldehydes is 1. The van der Waals surface area contributed by atoms with Crippen molar-refractivity contribution in [1.82, 2.24) is 4.90 Å². The van der Waals surface area contributed by atoms with E-state index >= 15 is 0 Å². The predicted molar refractivity (Wildman–Crippen MR) is 73.7 cm³/mol. The minimum atomic E-state index is -0.471. The molecule has 1 aromatic rings. The first-order valence-electron chi connectivity index (χ1n) is 6.43. The number of hydrogen-bond donors (Lipinski definition) is 0. The molecular formula is C15H21NO3. The molecule has 0 aliphatic heterocycles. The SMILES string of the molecule is CC(C)C[C@@H](C=O)N(C)C(=O)OCc1ccccc1. The van der Waals surface area contributed by atoms with Crippen LogP contribution in [-0.4, -0.2) is 30.4 Å². The number of likely N-dealkylation sites (N-methyl/N-ethyl adjacent to an activating group) is 1. The molecule has 104 valence electrons. The summed E-state index contributed by atoms with van der Waals surface area (Å²) in [5, 5.41) is 0.